The molecule has 300 valence electrons. The second kappa shape index (κ2) is 16.9. The predicted molar refractivity (Wildman–Crippen MR) is 214 cm³/mol. The topological polar surface area (TPSA) is 103 Å². The van der Waals surface area contributed by atoms with E-state index in [9.17, 15) is 33.0 Å². The van der Waals surface area contributed by atoms with Crippen molar-refractivity contribution in [3.63, 3.8) is 0 Å². The monoisotopic (exact) mass is 810 g/mol. The summed E-state index contributed by atoms with van der Waals surface area (Å²) in [7, 11) is 0. The first-order valence-corrected chi connectivity index (χ1v) is 20.5. The summed E-state index contributed by atoms with van der Waals surface area (Å²) in [6, 6.07) is 15.1. The maximum Gasteiger partial charge on any atom is 0.416 e. The molecule has 0 aliphatic heterocycles. The molecule has 3 aliphatic carbocycles. The molecule has 2 heterocycles. The molecule has 56 heavy (non-hydrogen) atoms. The smallest absolute Gasteiger partial charge is 0.416 e. The first-order valence-electron chi connectivity index (χ1n) is 19.3. The third-order valence-corrected chi connectivity index (χ3v) is 12.9. The lowest BCUT2D eigenvalue weighted by Gasteiger charge is -2.46. The van der Waals surface area contributed by atoms with Gasteiger partial charge in [0, 0.05) is 34.0 Å². The van der Waals surface area contributed by atoms with E-state index in [4.69, 9.17) is 16.0 Å². The van der Waals surface area contributed by atoms with Crippen LogP contribution in [0.3, 0.4) is 0 Å². The number of aliphatic hydroxyl groups is 2. The van der Waals surface area contributed by atoms with Gasteiger partial charge in [-0.05, 0) is 137 Å². The minimum absolute atomic E-state index is 0.00834. The van der Waals surface area contributed by atoms with E-state index >= 15 is 0 Å². The van der Waals surface area contributed by atoms with Crippen LogP contribution in [-0.2, 0) is 19.0 Å². The van der Waals surface area contributed by atoms with Gasteiger partial charge in [0.15, 0.2) is 5.76 Å². The van der Waals surface area contributed by atoms with Crippen LogP contribution in [0.25, 0.3) is 11.3 Å². The molecule has 7 rings (SSSR count). The Hall–Kier alpha value is -3.90. The Kier molecular flexibility index (Phi) is 12.6. The minimum Gasteiger partial charge on any atom is -0.453 e. The van der Waals surface area contributed by atoms with Gasteiger partial charge in [-0.3, -0.25) is 4.79 Å². The lowest BCUT2D eigenvalue weighted by Crippen LogP contribution is -2.56. The summed E-state index contributed by atoms with van der Waals surface area (Å²) in [5, 5.41) is 29.0. The molecule has 2 bridgehead atoms. The highest BCUT2D eigenvalue weighted by atomic mass is 35.5. The fourth-order valence-electron chi connectivity index (χ4n) is 8.43. The van der Waals surface area contributed by atoms with Crippen LogP contribution in [0.4, 0.5) is 18.0 Å². The van der Waals surface area contributed by atoms with Gasteiger partial charge in [-0.25, -0.2) is 4.79 Å². The van der Waals surface area contributed by atoms with Gasteiger partial charge < -0.3 is 24.8 Å². The molecular formula is C44H50ClF3N2O5S. The Morgan fingerprint density at radius 1 is 1.09 bits per heavy atom. The number of nitrogens with zero attached hydrogens (tertiary/aromatic N) is 1. The highest BCUT2D eigenvalue weighted by Gasteiger charge is 2.57. The summed E-state index contributed by atoms with van der Waals surface area (Å²) in [4.78, 5) is 31.2. The maximum atomic E-state index is 14.6. The second-order valence-corrected chi connectivity index (χ2v) is 17.4. The number of aliphatic hydroxyl groups excluding tert-OH is 1. The molecule has 3 N–H and O–H groups in total. The summed E-state index contributed by atoms with van der Waals surface area (Å²) in [6.45, 7) is 8.43. The number of halogens is 4. The molecule has 0 spiro atoms. The number of urea groups is 1. The van der Waals surface area contributed by atoms with Crippen LogP contribution in [0.1, 0.15) is 110 Å². The summed E-state index contributed by atoms with van der Waals surface area (Å²) in [5.41, 5.74) is -0.0801. The van der Waals surface area contributed by atoms with E-state index in [2.05, 4.69) is 25.2 Å². The average molecular weight is 811 g/mol. The number of ketones is 1. The number of allylic oxidation sites excluding steroid dienone is 2. The fraction of sp³-hybridized carbons (Fsp3) is 0.455. The molecule has 0 saturated heterocycles. The van der Waals surface area contributed by atoms with Crippen molar-refractivity contribution in [2.24, 2.45) is 5.41 Å². The molecule has 12 heteroatoms. The van der Waals surface area contributed by atoms with E-state index in [0.717, 1.165) is 34.2 Å². The van der Waals surface area contributed by atoms with Crippen LogP contribution in [0.15, 0.2) is 82.1 Å². The van der Waals surface area contributed by atoms with E-state index in [1.807, 2.05) is 43.5 Å². The van der Waals surface area contributed by atoms with E-state index < -0.39 is 34.6 Å². The van der Waals surface area contributed by atoms with Gasteiger partial charge in [-0.2, -0.15) is 13.2 Å². The molecule has 2 aromatic heterocycles. The molecule has 0 radical (unpaired) electrons. The number of nitrogens with one attached hydrogen (secondary N) is 1. The summed E-state index contributed by atoms with van der Waals surface area (Å²) >= 11 is 7.95. The zero-order valence-electron chi connectivity index (χ0n) is 32.2. The van der Waals surface area contributed by atoms with Crippen molar-refractivity contribution in [2.45, 2.75) is 109 Å². The maximum absolute atomic E-state index is 14.6. The first kappa shape index (κ1) is 41.7. The number of hydrogen-bond acceptors (Lipinski definition) is 6. The Morgan fingerprint density at radius 2 is 1.88 bits per heavy atom. The summed E-state index contributed by atoms with van der Waals surface area (Å²) in [5.74, 6) is -0.849. The predicted octanol–water partition coefficient (Wildman–Crippen LogP) is 10.6. The molecule has 1 saturated carbocycles. The van der Waals surface area contributed by atoms with Crippen LogP contribution in [0.2, 0.25) is 5.02 Å². The number of carbonyl (C=O) groups excluding carboxylic acids is 2. The molecule has 7 nitrogen and oxygen atoms in total. The van der Waals surface area contributed by atoms with Gasteiger partial charge in [-0.1, -0.05) is 48.4 Å². The Morgan fingerprint density at radius 3 is 2.59 bits per heavy atom. The largest absolute Gasteiger partial charge is 0.453 e. The van der Waals surface area contributed by atoms with Crippen LogP contribution in [-0.4, -0.2) is 57.8 Å². The van der Waals surface area contributed by atoms with Gasteiger partial charge in [-0.15, -0.1) is 11.3 Å². The lowest BCUT2D eigenvalue weighted by molar-refractivity contribution is -0.137. The Balaban J connectivity index is 1.41. The molecule has 1 fully saturated rings. The number of amides is 2. The fourth-order valence-corrected chi connectivity index (χ4v) is 9.34. The standard InChI is InChI=1S/C44H50ClF3N2O5S/c1-27(2)49-41(53)50(21-18-32-8-6-22-56-32)26-43(54)20-17-36-33-13-10-29(23-31(51)12-9-28(3)7-5-19-42(36,43)4)24-34(33)40(52)39-16-15-38(55-39)35-25-30(44(46,47)48)11-14-37(35)45/h6-8,10-11,13-16,22,24-25,27,31,36,51,54H,5,9,12,17-21,23,26H2,1-4H3,(H,49,53)/t31-,36-,42-,43+/m0/s1. The lowest BCUT2D eigenvalue weighted by atomic mass is 9.64. The number of furan rings is 1. The third kappa shape index (κ3) is 9.12. The van der Waals surface area contributed by atoms with E-state index in [0.29, 0.717) is 69.0 Å². The SMILES string of the molecule is CC1=CCC[C@@]2(C)[C@@H](CC[C@@]2(O)CN(CCc2cccs2)C(=O)NC(C)C)c2ccc(cc2C(=O)c2ccc(-c3cc(C(F)(F)F)ccc3Cl)o2)C[C@@H](O)CC1. The summed E-state index contributed by atoms with van der Waals surface area (Å²) in [6.07, 6.45) is 1.21. The van der Waals surface area contributed by atoms with Crippen LogP contribution >= 0.6 is 22.9 Å². The van der Waals surface area contributed by atoms with Crippen molar-refractivity contribution < 1.29 is 37.4 Å². The quantitative estimate of drug-likeness (QED) is 0.115. The number of benzene rings is 2. The number of fused-ring (bicyclic) bond motifs is 8. The minimum atomic E-state index is -4.60. The van der Waals surface area contributed by atoms with E-state index in [-0.39, 0.29) is 46.6 Å². The van der Waals surface area contributed by atoms with Crippen molar-refractivity contribution >= 4 is 34.8 Å². The Labute approximate surface area is 335 Å². The number of alkyl halides is 3. The molecule has 4 aromatic rings. The third-order valence-electron chi connectivity index (χ3n) is 11.7. The van der Waals surface area contributed by atoms with Crippen molar-refractivity contribution in [2.75, 3.05) is 13.1 Å². The van der Waals surface area contributed by atoms with Crippen molar-refractivity contribution in [1.82, 2.24) is 10.2 Å². The first-order chi connectivity index (χ1) is 26.5. The number of rotatable bonds is 9. The molecule has 0 unspecified atom stereocenters. The number of thiophene rings is 1. The number of carbonyl (C=O) groups is 2. The van der Waals surface area contributed by atoms with Gasteiger partial charge in [0.2, 0.25) is 5.78 Å². The zero-order valence-corrected chi connectivity index (χ0v) is 33.8. The van der Waals surface area contributed by atoms with E-state index in [1.165, 1.54) is 12.1 Å². The summed E-state index contributed by atoms with van der Waals surface area (Å²) < 4.78 is 46.8. The van der Waals surface area contributed by atoms with Crippen molar-refractivity contribution in [3.8, 4) is 11.3 Å². The van der Waals surface area contributed by atoms with Gasteiger partial charge in [0.1, 0.15) is 5.76 Å². The Bertz CT molecular complexity index is 2060. The van der Waals surface area contributed by atoms with Gasteiger partial charge >= 0.3 is 12.2 Å². The molecule has 4 atom stereocenters. The van der Waals surface area contributed by atoms with Gasteiger partial charge in [0.25, 0.3) is 0 Å². The molecule has 2 amide bonds. The molecule has 2 aromatic carbocycles. The van der Waals surface area contributed by atoms with Crippen LogP contribution in [0, 0.1) is 5.41 Å². The molecular weight excluding hydrogens is 761 g/mol. The molecule has 3 aliphatic rings. The van der Waals surface area contributed by atoms with Crippen LogP contribution in [0.5, 0.6) is 0 Å². The second-order valence-electron chi connectivity index (χ2n) is 16.0. The highest BCUT2D eigenvalue weighted by molar-refractivity contribution is 7.09. The van der Waals surface area contributed by atoms with Crippen LogP contribution < -0.4 is 5.32 Å². The average Bonchev–Trinajstić information content (AvgIpc) is 3.89. The van der Waals surface area contributed by atoms with E-state index in [1.54, 1.807) is 22.3 Å². The van der Waals surface area contributed by atoms with Crippen molar-refractivity contribution in [3.05, 3.63) is 116 Å². The normalized spacial score (nSPS) is 23.1. The number of hydrogen-bond donors (Lipinski definition) is 3. The van der Waals surface area contributed by atoms with Gasteiger partial charge in [0.05, 0.1) is 28.8 Å². The van der Waals surface area contributed by atoms with Crippen molar-refractivity contribution in [1.29, 1.82) is 0 Å². The highest BCUT2D eigenvalue weighted by Crippen LogP contribution is 2.59. The zero-order chi connectivity index (χ0) is 40.4.